The molecule has 0 saturated heterocycles. The Morgan fingerprint density at radius 1 is 1.24 bits per heavy atom. The van der Waals surface area contributed by atoms with Crippen LogP contribution in [0.15, 0.2) is 55.1 Å². The van der Waals surface area contributed by atoms with Crippen molar-refractivity contribution in [2.24, 2.45) is 0 Å². The Morgan fingerprint density at radius 2 is 2.00 bits per heavy atom. The molecule has 0 bridgehead atoms. The summed E-state index contributed by atoms with van der Waals surface area (Å²) in [7, 11) is 1.94. The minimum atomic E-state index is -0.292. The first kappa shape index (κ1) is 16.8. The molecule has 3 aromatic rings. The minimum Gasteiger partial charge on any atom is -0.295 e. The van der Waals surface area contributed by atoms with Crippen LogP contribution >= 0.6 is 0 Å². The summed E-state index contributed by atoms with van der Waals surface area (Å²) in [4.78, 5) is 5.98. The van der Waals surface area contributed by atoms with Crippen LogP contribution in [0.4, 0.5) is 4.39 Å². The Labute approximate surface area is 146 Å². The quantitative estimate of drug-likeness (QED) is 0.716. The molecule has 126 valence electrons. The zero-order chi connectivity index (χ0) is 17.8. The summed E-state index contributed by atoms with van der Waals surface area (Å²) >= 11 is 0. The van der Waals surface area contributed by atoms with Gasteiger partial charge in [-0.15, -0.1) is 0 Å². The van der Waals surface area contributed by atoms with Gasteiger partial charge in [-0.05, 0) is 49.9 Å². The topological polar surface area (TPSA) is 57.7 Å². The van der Waals surface area contributed by atoms with Gasteiger partial charge in [0.05, 0.1) is 17.3 Å². The lowest BCUT2D eigenvalue weighted by atomic mass is 10.1. The molecule has 0 aliphatic rings. The molecule has 0 saturated carbocycles. The molecule has 1 heterocycles. The van der Waals surface area contributed by atoms with Crippen molar-refractivity contribution < 1.29 is 4.39 Å². The van der Waals surface area contributed by atoms with Crippen molar-refractivity contribution in [1.29, 1.82) is 5.26 Å². The van der Waals surface area contributed by atoms with Gasteiger partial charge in [0.1, 0.15) is 18.5 Å². The molecule has 0 unspecified atom stereocenters. The van der Waals surface area contributed by atoms with Crippen LogP contribution in [0.1, 0.15) is 29.7 Å². The fourth-order valence-corrected chi connectivity index (χ4v) is 2.67. The number of aromatic nitrogens is 3. The molecule has 1 atom stereocenters. The maximum absolute atomic E-state index is 14.0. The summed E-state index contributed by atoms with van der Waals surface area (Å²) in [5.41, 5.74) is 3.04. The van der Waals surface area contributed by atoms with E-state index >= 15 is 0 Å². The number of halogens is 1. The van der Waals surface area contributed by atoms with E-state index in [2.05, 4.69) is 17.0 Å². The number of nitriles is 1. The van der Waals surface area contributed by atoms with E-state index in [-0.39, 0.29) is 11.9 Å². The minimum absolute atomic E-state index is 0.0925. The largest absolute Gasteiger partial charge is 0.295 e. The second-order valence-corrected chi connectivity index (χ2v) is 5.94. The van der Waals surface area contributed by atoms with E-state index in [9.17, 15) is 4.39 Å². The fraction of sp³-hybridized carbons (Fsp3) is 0.211. The fourth-order valence-electron chi connectivity index (χ4n) is 2.67. The maximum Gasteiger partial charge on any atom is 0.138 e. The van der Waals surface area contributed by atoms with Crippen molar-refractivity contribution in [1.82, 2.24) is 19.7 Å². The lowest BCUT2D eigenvalue weighted by molar-refractivity contribution is 0.249. The van der Waals surface area contributed by atoms with E-state index in [1.165, 1.54) is 18.5 Å². The van der Waals surface area contributed by atoms with Gasteiger partial charge in [0.2, 0.25) is 0 Å². The highest BCUT2D eigenvalue weighted by Crippen LogP contribution is 2.23. The lowest BCUT2D eigenvalue weighted by Crippen LogP contribution is -2.22. The normalized spacial score (nSPS) is 12.1. The number of hydrogen-bond acceptors (Lipinski definition) is 4. The summed E-state index contributed by atoms with van der Waals surface area (Å²) in [6, 6.07) is 14.6. The predicted octanol–water partition coefficient (Wildman–Crippen LogP) is 3.47. The highest BCUT2D eigenvalue weighted by Gasteiger charge is 2.14. The van der Waals surface area contributed by atoms with Gasteiger partial charge in [-0.1, -0.05) is 12.1 Å². The van der Waals surface area contributed by atoms with Gasteiger partial charge in [-0.3, -0.25) is 4.90 Å². The van der Waals surface area contributed by atoms with Gasteiger partial charge in [0.25, 0.3) is 0 Å². The van der Waals surface area contributed by atoms with Crippen LogP contribution in [0.25, 0.3) is 5.69 Å². The van der Waals surface area contributed by atoms with Gasteiger partial charge in [0.15, 0.2) is 0 Å². The van der Waals surface area contributed by atoms with E-state index < -0.39 is 0 Å². The summed E-state index contributed by atoms with van der Waals surface area (Å²) in [5.74, 6) is -0.292. The van der Waals surface area contributed by atoms with Crippen LogP contribution in [0.5, 0.6) is 0 Å². The van der Waals surface area contributed by atoms with Crippen molar-refractivity contribution in [3.8, 4) is 11.8 Å². The summed E-state index contributed by atoms with van der Waals surface area (Å²) < 4.78 is 15.7. The summed E-state index contributed by atoms with van der Waals surface area (Å²) in [6.07, 6.45) is 3.14. The molecule has 25 heavy (non-hydrogen) atoms. The first-order chi connectivity index (χ1) is 12.1. The number of hydrogen-bond donors (Lipinski definition) is 0. The standard InChI is InChI=1S/C19H18FN5/c1-14(16-4-6-18(7-5-16)25-13-22-12-23-25)24(2)11-17-9-15(10-21)3-8-19(17)20/h3-9,12-14H,11H2,1-2H3/t14-/m0/s1. The Bertz CT molecular complexity index is 881. The zero-order valence-electron chi connectivity index (χ0n) is 14.1. The smallest absolute Gasteiger partial charge is 0.138 e. The Morgan fingerprint density at radius 3 is 2.64 bits per heavy atom. The predicted molar refractivity (Wildman–Crippen MR) is 92.4 cm³/mol. The molecule has 5 nitrogen and oxygen atoms in total. The van der Waals surface area contributed by atoms with E-state index in [1.54, 1.807) is 17.1 Å². The molecule has 0 N–H and O–H groups in total. The Kier molecular flexibility index (Phi) is 4.87. The van der Waals surface area contributed by atoms with Crippen LogP contribution < -0.4 is 0 Å². The van der Waals surface area contributed by atoms with Crippen molar-refractivity contribution in [3.05, 3.63) is 77.6 Å². The van der Waals surface area contributed by atoms with Crippen LogP contribution in [-0.2, 0) is 6.54 Å². The molecule has 0 aliphatic heterocycles. The van der Waals surface area contributed by atoms with Crippen LogP contribution in [-0.4, -0.2) is 26.7 Å². The van der Waals surface area contributed by atoms with E-state index in [1.807, 2.05) is 42.3 Å². The Balaban J connectivity index is 1.74. The lowest BCUT2D eigenvalue weighted by Gasteiger charge is -2.25. The highest BCUT2D eigenvalue weighted by atomic mass is 19.1. The summed E-state index contributed by atoms with van der Waals surface area (Å²) in [5, 5.41) is 13.1. The molecule has 3 rings (SSSR count). The molecule has 0 amide bonds. The van der Waals surface area contributed by atoms with Crippen molar-refractivity contribution >= 4 is 0 Å². The second kappa shape index (κ2) is 7.24. The molecule has 0 aliphatic carbocycles. The molecule has 2 aromatic carbocycles. The number of benzene rings is 2. The maximum atomic E-state index is 14.0. The van der Waals surface area contributed by atoms with Crippen molar-refractivity contribution in [3.63, 3.8) is 0 Å². The average molecular weight is 335 g/mol. The van der Waals surface area contributed by atoms with Gasteiger partial charge in [0, 0.05) is 18.2 Å². The van der Waals surface area contributed by atoms with Gasteiger partial charge in [-0.25, -0.2) is 14.1 Å². The molecule has 0 spiro atoms. The van der Waals surface area contributed by atoms with Crippen molar-refractivity contribution in [2.45, 2.75) is 19.5 Å². The third-order valence-electron chi connectivity index (χ3n) is 4.31. The zero-order valence-corrected chi connectivity index (χ0v) is 14.1. The second-order valence-electron chi connectivity index (χ2n) is 5.94. The van der Waals surface area contributed by atoms with E-state index in [0.29, 0.717) is 17.7 Å². The van der Waals surface area contributed by atoms with Crippen LogP contribution in [0.3, 0.4) is 0 Å². The van der Waals surface area contributed by atoms with Gasteiger partial charge in [-0.2, -0.15) is 10.4 Å². The molecule has 0 radical (unpaired) electrons. The first-order valence-corrected chi connectivity index (χ1v) is 7.92. The highest BCUT2D eigenvalue weighted by molar-refractivity contribution is 5.35. The van der Waals surface area contributed by atoms with Gasteiger partial charge >= 0.3 is 0 Å². The Hall–Kier alpha value is -3.04. The van der Waals surface area contributed by atoms with Gasteiger partial charge < -0.3 is 0 Å². The third kappa shape index (κ3) is 3.73. The molecule has 0 fully saturated rings. The SMILES string of the molecule is C[C@@H](c1ccc(-n2cncn2)cc1)N(C)Cc1cc(C#N)ccc1F. The van der Waals surface area contributed by atoms with E-state index in [0.717, 1.165) is 11.3 Å². The summed E-state index contributed by atoms with van der Waals surface area (Å²) in [6.45, 7) is 2.49. The van der Waals surface area contributed by atoms with E-state index in [4.69, 9.17) is 5.26 Å². The molecule has 6 heteroatoms. The molecular weight excluding hydrogens is 317 g/mol. The third-order valence-corrected chi connectivity index (χ3v) is 4.31. The molecular formula is C19H18FN5. The molecule has 1 aromatic heterocycles. The monoisotopic (exact) mass is 335 g/mol. The van der Waals surface area contributed by atoms with Crippen LogP contribution in [0.2, 0.25) is 0 Å². The first-order valence-electron chi connectivity index (χ1n) is 7.92. The number of rotatable bonds is 5. The number of nitrogens with zero attached hydrogens (tertiary/aromatic N) is 5. The van der Waals surface area contributed by atoms with Crippen molar-refractivity contribution in [2.75, 3.05) is 7.05 Å². The average Bonchev–Trinajstić information content (AvgIpc) is 3.17. The van der Waals surface area contributed by atoms with Crippen LogP contribution in [0, 0.1) is 17.1 Å².